The van der Waals surface area contributed by atoms with Crippen LogP contribution in [0.4, 0.5) is 0 Å². The van der Waals surface area contributed by atoms with E-state index in [0.717, 1.165) is 18.4 Å². The monoisotopic (exact) mass is 208 g/mol. The van der Waals surface area contributed by atoms with Gasteiger partial charge >= 0.3 is 0 Å². The lowest BCUT2D eigenvalue weighted by Crippen LogP contribution is -1.96. The van der Waals surface area contributed by atoms with Crippen LogP contribution in [0.3, 0.4) is 0 Å². The minimum Gasteiger partial charge on any atom is -0.0955 e. The van der Waals surface area contributed by atoms with Crippen LogP contribution in [-0.2, 0) is 0 Å². The fourth-order valence-electron chi connectivity index (χ4n) is 1.89. The molecule has 0 atom stereocenters. The lowest BCUT2D eigenvalue weighted by Gasteiger charge is -2.15. The SMILES string of the molecule is C=C1CCCC/C1=C/C#Cc1ccccc1. The minimum absolute atomic E-state index is 1.07. The Kier molecular flexibility index (Phi) is 3.62. The number of hydrogen-bond donors (Lipinski definition) is 0. The fourth-order valence-corrected chi connectivity index (χ4v) is 1.89. The van der Waals surface area contributed by atoms with Gasteiger partial charge in [0.1, 0.15) is 0 Å². The maximum absolute atomic E-state index is 4.09. The molecule has 1 aliphatic carbocycles. The Morgan fingerprint density at radius 2 is 1.81 bits per heavy atom. The average molecular weight is 208 g/mol. The third kappa shape index (κ3) is 2.87. The Morgan fingerprint density at radius 1 is 1.06 bits per heavy atom. The van der Waals surface area contributed by atoms with Gasteiger partial charge in [0.15, 0.2) is 0 Å². The first-order valence-electron chi connectivity index (χ1n) is 5.80. The Morgan fingerprint density at radius 3 is 2.56 bits per heavy atom. The van der Waals surface area contributed by atoms with Crippen molar-refractivity contribution in [2.75, 3.05) is 0 Å². The molecule has 0 N–H and O–H groups in total. The van der Waals surface area contributed by atoms with E-state index in [2.05, 4.69) is 18.4 Å². The van der Waals surface area contributed by atoms with Crippen molar-refractivity contribution >= 4 is 0 Å². The van der Waals surface area contributed by atoms with Gasteiger partial charge in [0.2, 0.25) is 0 Å². The third-order valence-electron chi connectivity index (χ3n) is 2.87. The summed E-state index contributed by atoms with van der Waals surface area (Å²) in [5.41, 5.74) is 3.68. The predicted octanol–water partition coefficient (Wildman–Crippen LogP) is 4.09. The highest BCUT2D eigenvalue weighted by atomic mass is 14.1. The van der Waals surface area contributed by atoms with Crippen molar-refractivity contribution in [2.24, 2.45) is 0 Å². The maximum Gasteiger partial charge on any atom is 0.0248 e. The van der Waals surface area contributed by atoms with Crippen LogP contribution in [-0.4, -0.2) is 0 Å². The first-order chi connectivity index (χ1) is 7.86. The first kappa shape index (κ1) is 10.8. The topological polar surface area (TPSA) is 0 Å². The smallest absolute Gasteiger partial charge is 0.0248 e. The standard InChI is InChI=1S/C16H16/c1-14-8-5-6-12-16(14)13-7-11-15-9-3-2-4-10-15/h2-4,9-10,13H,1,5-6,8,12H2/b16-13-. The average Bonchev–Trinajstić information content (AvgIpc) is 2.33. The van der Waals surface area contributed by atoms with Crippen molar-refractivity contribution in [1.82, 2.24) is 0 Å². The van der Waals surface area contributed by atoms with Crippen LogP contribution in [0.5, 0.6) is 0 Å². The summed E-state index contributed by atoms with van der Waals surface area (Å²) >= 11 is 0. The lowest BCUT2D eigenvalue weighted by molar-refractivity contribution is 0.681. The Balaban J connectivity index is 2.08. The van der Waals surface area contributed by atoms with Crippen LogP contribution in [0, 0.1) is 11.8 Å². The molecule has 1 aromatic rings. The molecule has 1 fully saturated rings. The van der Waals surface area contributed by atoms with Crippen molar-refractivity contribution in [3.05, 3.63) is 59.7 Å². The molecule has 0 amide bonds. The van der Waals surface area contributed by atoms with E-state index in [9.17, 15) is 0 Å². The molecule has 0 unspecified atom stereocenters. The molecule has 2 rings (SSSR count). The molecule has 1 aliphatic rings. The quantitative estimate of drug-likeness (QED) is 0.563. The zero-order valence-corrected chi connectivity index (χ0v) is 9.50. The molecule has 0 spiro atoms. The molecule has 0 nitrogen and oxygen atoms in total. The largest absolute Gasteiger partial charge is 0.0955 e. The fraction of sp³-hybridized carbons (Fsp3) is 0.250. The van der Waals surface area contributed by atoms with E-state index < -0.39 is 0 Å². The van der Waals surface area contributed by atoms with E-state index >= 15 is 0 Å². The molecule has 1 aromatic carbocycles. The highest BCUT2D eigenvalue weighted by molar-refractivity contribution is 5.41. The highest BCUT2D eigenvalue weighted by Gasteiger charge is 2.07. The molecule has 0 radical (unpaired) electrons. The molecular weight excluding hydrogens is 192 g/mol. The number of allylic oxidation sites excluding steroid dienone is 3. The molecule has 0 saturated heterocycles. The Hall–Kier alpha value is -1.74. The molecule has 1 saturated carbocycles. The van der Waals surface area contributed by atoms with Crippen LogP contribution in [0.1, 0.15) is 31.2 Å². The first-order valence-corrected chi connectivity index (χ1v) is 5.80. The second kappa shape index (κ2) is 5.37. The molecular formula is C16H16. The van der Waals surface area contributed by atoms with Crippen molar-refractivity contribution in [1.29, 1.82) is 0 Å². The van der Waals surface area contributed by atoms with Gasteiger partial charge in [-0.2, -0.15) is 0 Å². The molecule has 0 heterocycles. The number of rotatable bonds is 0. The normalized spacial score (nSPS) is 18.0. The summed E-state index contributed by atoms with van der Waals surface area (Å²) < 4.78 is 0. The predicted molar refractivity (Wildman–Crippen MR) is 69.0 cm³/mol. The summed E-state index contributed by atoms with van der Waals surface area (Å²) in [5, 5.41) is 0. The second-order valence-corrected chi connectivity index (χ2v) is 4.12. The van der Waals surface area contributed by atoms with E-state index in [0.29, 0.717) is 0 Å². The van der Waals surface area contributed by atoms with Crippen molar-refractivity contribution < 1.29 is 0 Å². The molecule has 0 aliphatic heterocycles. The van der Waals surface area contributed by atoms with Gasteiger partial charge in [0.05, 0.1) is 0 Å². The van der Waals surface area contributed by atoms with Crippen LogP contribution in [0.15, 0.2) is 54.1 Å². The van der Waals surface area contributed by atoms with Gasteiger partial charge in [-0.05, 0) is 49.5 Å². The summed E-state index contributed by atoms with van der Waals surface area (Å²) in [4.78, 5) is 0. The van der Waals surface area contributed by atoms with Crippen molar-refractivity contribution in [3.8, 4) is 11.8 Å². The van der Waals surface area contributed by atoms with E-state index in [1.807, 2.05) is 36.4 Å². The van der Waals surface area contributed by atoms with Gasteiger partial charge in [-0.25, -0.2) is 0 Å². The maximum atomic E-state index is 4.09. The van der Waals surface area contributed by atoms with Gasteiger partial charge in [-0.15, -0.1) is 0 Å². The molecule has 16 heavy (non-hydrogen) atoms. The van der Waals surface area contributed by atoms with Crippen molar-refractivity contribution in [2.45, 2.75) is 25.7 Å². The van der Waals surface area contributed by atoms with E-state index in [-0.39, 0.29) is 0 Å². The highest BCUT2D eigenvalue weighted by Crippen LogP contribution is 2.26. The lowest BCUT2D eigenvalue weighted by atomic mass is 9.90. The van der Waals surface area contributed by atoms with Gasteiger partial charge in [-0.3, -0.25) is 0 Å². The second-order valence-electron chi connectivity index (χ2n) is 4.12. The molecule has 0 heteroatoms. The van der Waals surface area contributed by atoms with Crippen LogP contribution in [0.25, 0.3) is 0 Å². The van der Waals surface area contributed by atoms with E-state index in [4.69, 9.17) is 0 Å². The summed E-state index contributed by atoms with van der Waals surface area (Å²) in [5.74, 6) is 6.27. The number of benzene rings is 1. The zero-order chi connectivity index (χ0) is 11.2. The summed E-state index contributed by atoms with van der Waals surface area (Å²) in [6, 6.07) is 10.1. The van der Waals surface area contributed by atoms with Gasteiger partial charge in [-0.1, -0.05) is 42.2 Å². The van der Waals surface area contributed by atoms with Crippen LogP contribution < -0.4 is 0 Å². The van der Waals surface area contributed by atoms with Gasteiger partial charge in [0.25, 0.3) is 0 Å². The van der Waals surface area contributed by atoms with Gasteiger partial charge < -0.3 is 0 Å². The molecule has 80 valence electrons. The minimum atomic E-state index is 1.07. The third-order valence-corrected chi connectivity index (χ3v) is 2.87. The van der Waals surface area contributed by atoms with Gasteiger partial charge in [0, 0.05) is 5.56 Å². The number of hydrogen-bond acceptors (Lipinski definition) is 0. The summed E-state index contributed by atoms with van der Waals surface area (Å²) in [6.45, 7) is 4.09. The summed E-state index contributed by atoms with van der Waals surface area (Å²) in [6.07, 6.45) is 6.87. The van der Waals surface area contributed by atoms with Crippen LogP contribution >= 0.6 is 0 Å². The molecule has 0 aromatic heterocycles. The zero-order valence-electron chi connectivity index (χ0n) is 9.50. The van der Waals surface area contributed by atoms with Crippen LogP contribution in [0.2, 0.25) is 0 Å². The van der Waals surface area contributed by atoms with Crippen molar-refractivity contribution in [3.63, 3.8) is 0 Å². The van der Waals surface area contributed by atoms with E-state index in [1.54, 1.807) is 0 Å². The summed E-state index contributed by atoms with van der Waals surface area (Å²) in [7, 11) is 0. The van der Waals surface area contributed by atoms with E-state index in [1.165, 1.54) is 24.0 Å². The Labute approximate surface area is 97.7 Å². The molecule has 0 bridgehead atoms. The Bertz CT molecular complexity index is 452.